The third-order valence-corrected chi connectivity index (χ3v) is 3.93. The molecule has 0 aliphatic carbocycles. The Kier molecular flexibility index (Phi) is 4.09. The number of rotatable bonds is 2. The lowest BCUT2D eigenvalue weighted by atomic mass is 10.1. The summed E-state index contributed by atoms with van der Waals surface area (Å²) in [5.74, 6) is -3.43. The minimum atomic E-state index is -1.06. The molecule has 0 aliphatic heterocycles. The number of hydrogen-bond donors (Lipinski definition) is 0. The van der Waals surface area contributed by atoms with Crippen LogP contribution in [0.3, 0.4) is 0 Å². The van der Waals surface area contributed by atoms with Gasteiger partial charge in [0.25, 0.3) is 0 Å². The van der Waals surface area contributed by atoms with Crippen LogP contribution < -0.4 is 0 Å². The number of halogens is 5. The van der Waals surface area contributed by atoms with Crippen LogP contribution in [0.1, 0.15) is 11.5 Å². The lowest BCUT2D eigenvalue weighted by Crippen LogP contribution is -2.04. The van der Waals surface area contributed by atoms with Gasteiger partial charge < -0.3 is 0 Å². The van der Waals surface area contributed by atoms with Crippen molar-refractivity contribution in [2.45, 2.75) is 13.8 Å². The summed E-state index contributed by atoms with van der Waals surface area (Å²) >= 11 is 5.68. The van der Waals surface area contributed by atoms with Crippen molar-refractivity contribution in [3.63, 3.8) is 0 Å². The Labute approximate surface area is 140 Å². The first-order valence-corrected chi connectivity index (χ1v) is 7.33. The highest BCUT2D eigenvalue weighted by Gasteiger charge is 2.23. The Bertz CT molecular complexity index is 927. The zero-order valence-corrected chi connectivity index (χ0v) is 13.4. The molecule has 1 heterocycles. The predicted molar refractivity (Wildman–Crippen MR) is 83.3 cm³/mol. The van der Waals surface area contributed by atoms with E-state index >= 15 is 0 Å². The average Bonchev–Trinajstić information content (AvgIpc) is 2.76. The van der Waals surface area contributed by atoms with Gasteiger partial charge in [0.2, 0.25) is 0 Å². The molecule has 2 aromatic carbocycles. The van der Waals surface area contributed by atoms with E-state index in [9.17, 15) is 17.6 Å². The van der Waals surface area contributed by atoms with Gasteiger partial charge in [0.1, 0.15) is 29.1 Å². The molecule has 3 aromatic rings. The molecule has 24 heavy (non-hydrogen) atoms. The van der Waals surface area contributed by atoms with Crippen molar-refractivity contribution in [2.75, 3.05) is 0 Å². The fourth-order valence-corrected chi connectivity index (χ4v) is 2.79. The molecule has 124 valence electrons. The summed E-state index contributed by atoms with van der Waals surface area (Å²) in [4.78, 5) is 4.20. The largest absolute Gasteiger partial charge is 0.296 e. The van der Waals surface area contributed by atoms with Crippen molar-refractivity contribution >= 4 is 11.6 Å². The lowest BCUT2D eigenvalue weighted by Gasteiger charge is -2.13. The molecule has 0 saturated heterocycles. The summed E-state index contributed by atoms with van der Waals surface area (Å²) < 4.78 is 56.8. The van der Waals surface area contributed by atoms with Crippen molar-refractivity contribution in [2.24, 2.45) is 0 Å². The molecule has 0 amide bonds. The van der Waals surface area contributed by atoms with Gasteiger partial charge in [-0.15, -0.1) is 0 Å². The third kappa shape index (κ3) is 2.67. The van der Waals surface area contributed by atoms with Crippen LogP contribution in [0.25, 0.3) is 16.9 Å². The molecular weight excluding hydrogens is 344 g/mol. The van der Waals surface area contributed by atoms with Crippen LogP contribution in [-0.2, 0) is 0 Å². The number of imidazole rings is 1. The van der Waals surface area contributed by atoms with E-state index in [1.165, 1.54) is 16.7 Å². The maximum atomic E-state index is 14.2. The minimum absolute atomic E-state index is 0.0751. The number of nitrogens with zero attached hydrogens (tertiary/aromatic N) is 2. The topological polar surface area (TPSA) is 17.8 Å². The smallest absolute Gasteiger partial charge is 0.143 e. The van der Waals surface area contributed by atoms with Crippen LogP contribution in [0, 0.1) is 37.1 Å². The second-order valence-corrected chi connectivity index (χ2v) is 5.68. The average molecular weight is 355 g/mol. The molecule has 3 rings (SSSR count). The molecule has 0 bridgehead atoms. The van der Waals surface area contributed by atoms with Crippen LogP contribution in [0.4, 0.5) is 17.6 Å². The SMILES string of the molecule is Cc1nc(C)n(-c2ccc(Cl)c(F)c2)c1-c1c(F)cc(F)cc1F. The molecule has 0 unspecified atom stereocenters. The van der Waals surface area contributed by atoms with Gasteiger partial charge in [0, 0.05) is 12.1 Å². The molecule has 2 nitrogen and oxygen atoms in total. The van der Waals surface area contributed by atoms with E-state index in [4.69, 9.17) is 11.6 Å². The van der Waals surface area contributed by atoms with Gasteiger partial charge in [-0.05, 0) is 32.0 Å². The maximum Gasteiger partial charge on any atom is 0.143 e. The molecular formula is C17H11ClF4N2. The van der Waals surface area contributed by atoms with Gasteiger partial charge in [-0.25, -0.2) is 22.5 Å². The molecule has 0 radical (unpaired) electrons. The van der Waals surface area contributed by atoms with E-state index in [1.807, 2.05) is 0 Å². The van der Waals surface area contributed by atoms with Crippen LogP contribution in [-0.4, -0.2) is 9.55 Å². The highest BCUT2D eigenvalue weighted by Crippen LogP contribution is 2.33. The second-order valence-electron chi connectivity index (χ2n) is 5.27. The van der Waals surface area contributed by atoms with Crippen molar-refractivity contribution in [1.29, 1.82) is 0 Å². The van der Waals surface area contributed by atoms with Crippen molar-refractivity contribution in [3.05, 3.63) is 70.1 Å². The van der Waals surface area contributed by atoms with E-state index < -0.39 is 28.8 Å². The minimum Gasteiger partial charge on any atom is -0.296 e. The zero-order chi connectivity index (χ0) is 17.6. The number of aromatic nitrogens is 2. The van der Waals surface area contributed by atoms with Crippen molar-refractivity contribution in [1.82, 2.24) is 9.55 Å². The number of hydrogen-bond acceptors (Lipinski definition) is 1. The van der Waals surface area contributed by atoms with Crippen LogP contribution in [0.2, 0.25) is 5.02 Å². The Morgan fingerprint density at radius 1 is 0.917 bits per heavy atom. The fourth-order valence-electron chi connectivity index (χ4n) is 2.67. The highest BCUT2D eigenvalue weighted by molar-refractivity contribution is 6.30. The van der Waals surface area contributed by atoms with E-state index in [-0.39, 0.29) is 10.7 Å². The molecule has 1 aromatic heterocycles. The number of aryl methyl sites for hydroxylation is 2. The van der Waals surface area contributed by atoms with Gasteiger partial charge in [-0.3, -0.25) is 4.57 Å². The first-order chi connectivity index (χ1) is 11.3. The van der Waals surface area contributed by atoms with Crippen LogP contribution >= 0.6 is 11.6 Å². The normalized spacial score (nSPS) is 11.1. The first-order valence-electron chi connectivity index (χ1n) is 6.96. The maximum absolute atomic E-state index is 14.2. The van der Waals surface area contributed by atoms with E-state index in [0.29, 0.717) is 29.3 Å². The van der Waals surface area contributed by atoms with E-state index in [0.717, 1.165) is 6.07 Å². The summed E-state index contributed by atoms with van der Waals surface area (Å²) in [5.41, 5.74) is 0.287. The summed E-state index contributed by atoms with van der Waals surface area (Å²) in [6, 6.07) is 5.16. The molecule has 0 saturated carbocycles. The second kappa shape index (κ2) is 5.94. The monoisotopic (exact) mass is 354 g/mol. The lowest BCUT2D eigenvalue weighted by molar-refractivity contribution is 0.547. The van der Waals surface area contributed by atoms with Crippen LogP contribution in [0.5, 0.6) is 0 Å². The Morgan fingerprint density at radius 3 is 2.12 bits per heavy atom. The summed E-state index contributed by atoms with van der Waals surface area (Å²) in [5, 5.41) is -0.0751. The van der Waals surface area contributed by atoms with Gasteiger partial charge in [0.15, 0.2) is 0 Å². The summed E-state index contributed by atoms with van der Waals surface area (Å²) in [6.45, 7) is 3.18. The highest BCUT2D eigenvalue weighted by atomic mass is 35.5. The molecule has 0 aliphatic rings. The molecule has 0 spiro atoms. The Balaban J connectivity index is 2.33. The fraction of sp³-hybridized carbons (Fsp3) is 0.118. The van der Waals surface area contributed by atoms with Crippen LogP contribution in [0.15, 0.2) is 30.3 Å². The zero-order valence-electron chi connectivity index (χ0n) is 12.7. The van der Waals surface area contributed by atoms with Gasteiger partial charge in [-0.2, -0.15) is 0 Å². The Hall–Kier alpha value is -2.34. The molecule has 0 N–H and O–H groups in total. The quantitative estimate of drug-likeness (QED) is 0.566. The van der Waals surface area contributed by atoms with Crippen molar-refractivity contribution < 1.29 is 17.6 Å². The third-order valence-electron chi connectivity index (χ3n) is 3.62. The first kappa shape index (κ1) is 16.5. The summed E-state index contributed by atoms with van der Waals surface area (Å²) in [7, 11) is 0. The molecule has 7 heteroatoms. The summed E-state index contributed by atoms with van der Waals surface area (Å²) in [6.07, 6.45) is 0. The van der Waals surface area contributed by atoms with Gasteiger partial charge >= 0.3 is 0 Å². The van der Waals surface area contributed by atoms with Gasteiger partial charge in [0.05, 0.1) is 27.7 Å². The Morgan fingerprint density at radius 2 is 1.54 bits per heavy atom. The van der Waals surface area contributed by atoms with Crippen molar-refractivity contribution in [3.8, 4) is 16.9 Å². The standard InChI is InChI=1S/C17H11ClF4N2/c1-8-17(16-14(21)5-10(19)6-15(16)22)24(9(2)23-8)11-3-4-12(18)13(20)7-11/h3-7H,1-2H3. The molecule has 0 fully saturated rings. The molecule has 0 atom stereocenters. The van der Waals surface area contributed by atoms with E-state index in [1.54, 1.807) is 13.8 Å². The van der Waals surface area contributed by atoms with E-state index in [2.05, 4.69) is 4.98 Å². The number of benzene rings is 2. The van der Waals surface area contributed by atoms with Gasteiger partial charge in [-0.1, -0.05) is 11.6 Å². The predicted octanol–water partition coefficient (Wildman–Crippen LogP) is 5.37.